The fraction of sp³-hybridized carbons (Fsp3) is 0.269. The zero-order valence-corrected chi connectivity index (χ0v) is 18.8. The molecule has 1 aliphatic heterocycles. The number of nitrogens with zero attached hydrogens (tertiary/aromatic N) is 2. The molecule has 170 valence electrons. The topological polar surface area (TPSA) is 80.8 Å². The van der Waals surface area contributed by atoms with Gasteiger partial charge in [0, 0.05) is 38.0 Å². The number of rotatable bonds is 6. The summed E-state index contributed by atoms with van der Waals surface area (Å²) >= 11 is 0. The molecule has 1 saturated heterocycles. The molecule has 2 heterocycles. The molecule has 2 aromatic carbocycles. The fourth-order valence-corrected chi connectivity index (χ4v) is 4.18. The molecule has 1 fully saturated rings. The second kappa shape index (κ2) is 9.83. The predicted octanol–water partition coefficient (Wildman–Crippen LogP) is 2.96. The molecule has 33 heavy (non-hydrogen) atoms. The van der Waals surface area contributed by atoms with Crippen LogP contribution in [0, 0.1) is 0 Å². The lowest BCUT2D eigenvalue weighted by molar-refractivity contribution is -0.156. The van der Waals surface area contributed by atoms with Gasteiger partial charge < -0.3 is 19.7 Å². The minimum absolute atomic E-state index is 0.155. The smallest absolute Gasteiger partial charge is 0.254 e. The number of benzene rings is 2. The number of likely N-dealkylation sites (N-methyl/N-ethyl adjacent to an activating group) is 1. The summed E-state index contributed by atoms with van der Waals surface area (Å²) in [6.07, 6.45) is 3.84. The van der Waals surface area contributed by atoms with Crippen molar-refractivity contribution in [1.29, 1.82) is 0 Å². The first kappa shape index (κ1) is 22.5. The molecule has 7 heteroatoms. The van der Waals surface area contributed by atoms with E-state index in [0.717, 1.165) is 16.7 Å². The van der Waals surface area contributed by atoms with E-state index in [2.05, 4.69) is 10.3 Å². The Labute approximate surface area is 193 Å². The van der Waals surface area contributed by atoms with Gasteiger partial charge in [-0.05, 0) is 47.0 Å². The number of nitrogens with one attached hydrogen (secondary N) is 1. The standard InChI is InChI=1S/C26H27N3O4/c1-27-25(31)26(17-19-5-3-6-21(15-19)20-9-11-28-12-10-20)18-29(13-14-33-26)24(30)22-7-4-8-23(16-22)32-2/h3-12,15-16H,13-14,17-18H2,1-2H3,(H,27,31). The molecule has 0 radical (unpaired) electrons. The normalized spacial score (nSPS) is 17.9. The van der Waals surface area contributed by atoms with E-state index in [1.807, 2.05) is 36.4 Å². The first-order chi connectivity index (χ1) is 16.0. The van der Waals surface area contributed by atoms with Gasteiger partial charge in [-0.15, -0.1) is 0 Å². The van der Waals surface area contributed by atoms with Gasteiger partial charge in [-0.1, -0.05) is 30.3 Å². The second-order valence-electron chi connectivity index (χ2n) is 7.99. The van der Waals surface area contributed by atoms with E-state index in [1.54, 1.807) is 55.7 Å². The number of hydrogen-bond donors (Lipinski definition) is 1. The van der Waals surface area contributed by atoms with Crippen molar-refractivity contribution in [2.24, 2.45) is 0 Å². The zero-order valence-electron chi connectivity index (χ0n) is 18.8. The van der Waals surface area contributed by atoms with Crippen LogP contribution in [-0.4, -0.2) is 61.2 Å². The van der Waals surface area contributed by atoms with Gasteiger partial charge in [0.15, 0.2) is 5.60 Å². The summed E-state index contributed by atoms with van der Waals surface area (Å²) in [6.45, 7) is 0.835. The monoisotopic (exact) mass is 445 g/mol. The molecule has 0 saturated carbocycles. The summed E-state index contributed by atoms with van der Waals surface area (Å²) in [5.74, 6) is 0.204. The van der Waals surface area contributed by atoms with Gasteiger partial charge in [-0.2, -0.15) is 0 Å². The average molecular weight is 446 g/mol. The van der Waals surface area contributed by atoms with Crippen molar-refractivity contribution in [2.45, 2.75) is 12.0 Å². The van der Waals surface area contributed by atoms with Gasteiger partial charge in [0.05, 0.1) is 20.3 Å². The molecule has 1 aliphatic rings. The molecule has 0 aliphatic carbocycles. The van der Waals surface area contributed by atoms with Gasteiger partial charge in [0.1, 0.15) is 5.75 Å². The summed E-state index contributed by atoms with van der Waals surface area (Å²) in [5, 5.41) is 2.73. The molecule has 0 bridgehead atoms. The highest BCUT2D eigenvalue weighted by Crippen LogP contribution is 2.28. The van der Waals surface area contributed by atoms with Crippen molar-refractivity contribution in [2.75, 3.05) is 33.9 Å². The molecule has 4 rings (SSSR count). The highest BCUT2D eigenvalue weighted by atomic mass is 16.5. The number of methoxy groups -OCH3 is 1. The van der Waals surface area contributed by atoms with Crippen LogP contribution in [0.3, 0.4) is 0 Å². The fourth-order valence-electron chi connectivity index (χ4n) is 4.18. The molecule has 0 spiro atoms. The third-order valence-electron chi connectivity index (χ3n) is 5.86. The number of carbonyl (C=O) groups excluding carboxylic acids is 2. The Balaban J connectivity index is 1.61. The summed E-state index contributed by atoms with van der Waals surface area (Å²) in [5.41, 5.74) is 2.35. The Kier molecular flexibility index (Phi) is 6.70. The van der Waals surface area contributed by atoms with Crippen LogP contribution < -0.4 is 10.1 Å². The van der Waals surface area contributed by atoms with E-state index in [4.69, 9.17) is 9.47 Å². The Morgan fingerprint density at radius 2 is 1.88 bits per heavy atom. The van der Waals surface area contributed by atoms with Crippen LogP contribution in [0.15, 0.2) is 73.1 Å². The number of ether oxygens (including phenoxy) is 2. The van der Waals surface area contributed by atoms with Crippen LogP contribution in [0.4, 0.5) is 0 Å². The van der Waals surface area contributed by atoms with E-state index < -0.39 is 5.60 Å². The molecular weight excluding hydrogens is 418 g/mol. The minimum Gasteiger partial charge on any atom is -0.497 e. The quantitative estimate of drug-likeness (QED) is 0.631. The van der Waals surface area contributed by atoms with Crippen molar-refractivity contribution in [3.05, 3.63) is 84.2 Å². The number of pyridine rings is 1. The van der Waals surface area contributed by atoms with Crippen LogP contribution in [0.5, 0.6) is 5.75 Å². The summed E-state index contributed by atoms with van der Waals surface area (Å²) < 4.78 is 11.3. The van der Waals surface area contributed by atoms with Crippen LogP contribution >= 0.6 is 0 Å². The highest BCUT2D eigenvalue weighted by molar-refractivity contribution is 5.95. The zero-order chi connectivity index (χ0) is 23.3. The largest absolute Gasteiger partial charge is 0.497 e. The lowest BCUT2D eigenvalue weighted by Crippen LogP contribution is -2.61. The Bertz CT molecular complexity index is 1140. The van der Waals surface area contributed by atoms with E-state index >= 15 is 0 Å². The first-order valence-corrected chi connectivity index (χ1v) is 10.8. The molecule has 3 aromatic rings. The van der Waals surface area contributed by atoms with Gasteiger partial charge in [0.2, 0.25) is 0 Å². The van der Waals surface area contributed by atoms with Crippen molar-refractivity contribution in [1.82, 2.24) is 15.2 Å². The SMILES string of the molecule is CNC(=O)C1(Cc2cccc(-c3ccncc3)c2)CN(C(=O)c2cccc(OC)c2)CCO1. The Hall–Kier alpha value is -3.71. The van der Waals surface area contributed by atoms with Gasteiger partial charge in [-0.3, -0.25) is 14.6 Å². The lowest BCUT2D eigenvalue weighted by atomic mass is 9.89. The van der Waals surface area contributed by atoms with Crippen LogP contribution in [-0.2, 0) is 16.0 Å². The third kappa shape index (κ3) is 4.88. The van der Waals surface area contributed by atoms with Crippen LogP contribution in [0.25, 0.3) is 11.1 Å². The predicted molar refractivity (Wildman–Crippen MR) is 125 cm³/mol. The van der Waals surface area contributed by atoms with E-state index in [0.29, 0.717) is 24.3 Å². The van der Waals surface area contributed by atoms with Crippen molar-refractivity contribution >= 4 is 11.8 Å². The highest BCUT2D eigenvalue weighted by Gasteiger charge is 2.44. The number of aromatic nitrogens is 1. The van der Waals surface area contributed by atoms with Crippen LogP contribution in [0.1, 0.15) is 15.9 Å². The average Bonchev–Trinajstić information content (AvgIpc) is 2.88. The molecule has 1 atom stereocenters. The minimum atomic E-state index is -1.18. The van der Waals surface area contributed by atoms with Crippen molar-refractivity contribution in [3.63, 3.8) is 0 Å². The van der Waals surface area contributed by atoms with Crippen LogP contribution in [0.2, 0.25) is 0 Å². The van der Waals surface area contributed by atoms with E-state index in [-0.39, 0.29) is 25.0 Å². The number of carbonyl (C=O) groups is 2. The molecule has 1 aromatic heterocycles. The maximum absolute atomic E-state index is 13.2. The third-order valence-corrected chi connectivity index (χ3v) is 5.86. The van der Waals surface area contributed by atoms with Gasteiger partial charge in [0.25, 0.3) is 11.8 Å². The molecule has 1 N–H and O–H groups in total. The van der Waals surface area contributed by atoms with Crippen molar-refractivity contribution < 1.29 is 19.1 Å². The number of hydrogen-bond acceptors (Lipinski definition) is 5. The lowest BCUT2D eigenvalue weighted by Gasteiger charge is -2.41. The molecule has 2 amide bonds. The summed E-state index contributed by atoms with van der Waals surface area (Å²) in [6, 6.07) is 18.9. The van der Waals surface area contributed by atoms with Gasteiger partial charge >= 0.3 is 0 Å². The molecule has 1 unspecified atom stereocenters. The number of amides is 2. The second-order valence-corrected chi connectivity index (χ2v) is 7.99. The summed E-state index contributed by atoms with van der Waals surface area (Å²) in [7, 11) is 3.15. The van der Waals surface area contributed by atoms with E-state index in [1.165, 1.54) is 0 Å². The van der Waals surface area contributed by atoms with Crippen molar-refractivity contribution in [3.8, 4) is 16.9 Å². The summed E-state index contributed by atoms with van der Waals surface area (Å²) in [4.78, 5) is 32.0. The maximum Gasteiger partial charge on any atom is 0.254 e. The van der Waals surface area contributed by atoms with E-state index in [9.17, 15) is 9.59 Å². The first-order valence-electron chi connectivity index (χ1n) is 10.8. The molecular formula is C26H27N3O4. The number of morpholine rings is 1. The Morgan fingerprint density at radius 1 is 1.09 bits per heavy atom. The van der Waals surface area contributed by atoms with Gasteiger partial charge in [-0.25, -0.2) is 0 Å². The Morgan fingerprint density at radius 3 is 2.64 bits per heavy atom. The molecule has 7 nitrogen and oxygen atoms in total. The maximum atomic E-state index is 13.2.